The first-order chi connectivity index (χ1) is 13.0. The van der Waals surface area contributed by atoms with Crippen molar-refractivity contribution in [3.63, 3.8) is 0 Å². The van der Waals surface area contributed by atoms with E-state index in [0.717, 1.165) is 0 Å². The van der Waals surface area contributed by atoms with Crippen molar-refractivity contribution in [1.29, 1.82) is 0 Å². The molecule has 150 valence electrons. The Balaban J connectivity index is 1.95. The Morgan fingerprint density at radius 2 is 2.07 bits per heavy atom. The van der Waals surface area contributed by atoms with Crippen LogP contribution in [0, 0.1) is 6.92 Å². The lowest BCUT2D eigenvalue weighted by molar-refractivity contribution is -0.216. The van der Waals surface area contributed by atoms with Crippen LogP contribution >= 0.6 is 0 Å². The second-order valence-electron chi connectivity index (χ2n) is 6.68. The summed E-state index contributed by atoms with van der Waals surface area (Å²) in [5.74, 6) is -2.11. The minimum absolute atomic E-state index is 0.103. The van der Waals surface area contributed by atoms with Crippen molar-refractivity contribution in [1.82, 2.24) is 30.4 Å². The maximum atomic E-state index is 12.2. The summed E-state index contributed by atoms with van der Waals surface area (Å²) in [6.07, 6.45) is 1.07. The number of carbonyl (C=O) groups is 2. The first-order valence-electron chi connectivity index (χ1n) is 8.37. The molecular weight excluding hydrogens is 370 g/mol. The Hall–Kier alpha value is -3.25. The molecule has 0 aromatic carbocycles. The SMILES string of the molecule is CC(=O)NNC(=O)C1=CC(OC(C)(C)O)[C@H](n2cnc3c(N)nc(C)nc32)O1. The summed E-state index contributed by atoms with van der Waals surface area (Å²) in [4.78, 5) is 35.8. The maximum Gasteiger partial charge on any atom is 0.304 e. The Morgan fingerprint density at radius 3 is 2.71 bits per heavy atom. The molecule has 1 unspecified atom stereocenters. The van der Waals surface area contributed by atoms with Crippen LogP contribution in [-0.4, -0.2) is 48.3 Å². The van der Waals surface area contributed by atoms with Gasteiger partial charge in [-0.15, -0.1) is 0 Å². The number of nitrogens with one attached hydrogen (secondary N) is 2. The van der Waals surface area contributed by atoms with Crippen LogP contribution in [0.4, 0.5) is 5.82 Å². The minimum Gasteiger partial charge on any atom is -0.461 e. The van der Waals surface area contributed by atoms with Crippen LogP contribution < -0.4 is 16.6 Å². The van der Waals surface area contributed by atoms with E-state index in [1.54, 1.807) is 6.92 Å². The number of ether oxygens (including phenoxy) is 2. The molecule has 1 aliphatic rings. The van der Waals surface area contributed by atoms with E-state index in [1.807, 2.05) is 0 Å². The monoisotopic (exact) mass is 391 g/mol. The van der Waals surface area contributed by atoms with Gasteiger partial charge in [-0.2, -0.15) is 0 Å². The molecule has 2 aromatic rings. The third-order valence-electron chi connectivity index (χ3n) is 3.68. The van der Waals surface area contributed by atoms with Crippen LogP contribution in [0.5, 0.6) is 0 Å². The van der Waals surface area contributed by atoms with Gasteiger partial charge in [0.1, 0.15) is 23.8 Å². The predicted octanol–water partition coefficient (Wildman–Crippen LogP) is -0.589. The molecule has 2 atom stereocenters. The van der Waals surface area contributed by atoms with Gasteiger partial charge in [0.2, 0.25) is 12.1 Å². The van der Waals surface area contributed by atoms with E-state index < -0.39 is 29.9 Å². The number of anilines is 1. The summed E-state index contributed by atoms with van der Waals surface area (Å²) in [6, 6.07) is 0. The first kappa shape index (κ1) is 19.5. The van der Waals surface area contributed by atoms with Crippen LogP contribution in [-0.2, 0) is 19.1 Å². The topological polar surface area (TPSA) is 167 Å². The number of nitrogens with zero attached hydrogens (tertiary/aromatic N) is 4. The minimum atomic E-state index is -1.51. The number of amides is 2. The summed E-state index contributed by atoms with van der Waals surface area (Å²) < 4.78 is 12.9. The van der Waals surface area contributed by atoms with Gasteiger partial charge < -0.3 is 20.3 Å². The molecule has 28 heavy (non-hydrogen) atoms. The van der Waals surface area contributed by atoms with E-state index in [2.05, 4.69) is 25.8 Å². The number of hydrogen-bond donors (Lipinski definition) is 4. The van der Waals surface area contributed by atoms with E-state index in [-0.39, 0.29) is 11.6 Å². The zero-order valence-electron chi connectivity index (χ0n) is 15.8. The van der Waals surface area contributed by atoms with Gasteiger partial charge in [-0.1, -0.05) is 0 Å². The summed E-state index contributed by atoms with van der Waals surface area (Å²) >= 11 is 0. The lowest BCUT2D eigenvalue weighted by Gasteiger charge is -2.27. The molecule has 12 heteroatoms. The van der Waals surface area contributed by atoms with Gasteiger partial charge in [-0.3, -0.25) is 25.0 Å². The lowest BCUT2D eigenvalue weighted by atomic mass is 10.2. The molecule has 3 heterocycles. The molecular formula is C16H21N7O5. The standard InChI is InChI=1S/C16H21N7O5/c1-7-19-12(17)11-13(20-7)23(6-18-11)15-10(28-16(3,4)26)5-9(27-15)14(25)22-21-8(2)24/h5-6,10,15,26H,1-4H3,(H,21,24)(H,22,25)(H2,17,19,20)/t10?,15-/m1/s1. The van der Waals surface area contributed by atoms with Gasteiger partial charge in [0.05, 0.1) is 0 Å². The number of carbonyl (C=O) groups excluding carboxylic acids is 2. The van der Waals surface area contributed by atoms with Crippen LogP contribution in [0.25, 0.3) is 11.2 Å². The molecule has 12 nitrogen and oxygen atoms in total. The third kappa shape index (κ3) is 4.02. The van der Waals surface area contributed by atoms with Crippen LogP contribution in [0.2, 0.25) is 0 Å². The number of aliphatic hydroxyl groups is 1. The lowest BCUT2D eigenvalue weighted by Crippen LogP contribution is -2.41. The van der Waals surface area contributed by atoms with E-state index in [4.69, 9.17) is 15.2 Å². The second kappa shape index (κ2) is 7.05. The Bertz CT molecular complexity index is 962. The summed E-state index contributed by atoms with van der Waals surface area (Å²) in [5.41, 5.74) is 11.0. The zero-order chi connectivity index (χ0) is 20.6. The van der Waals surface area contributed by atoms with E-state index in [9.17, 15) is 14.7 Å². The third-order valence-corrected chi connectivity index (χ3v) is 3.68. The summed E-state index contributed by atoms with van der Waals surface area (Å²) in [5, 5.41) is 10.1. The average molecular weight is 391 g/mol. The average Bonchev–Trinajstić information content (AvgIpc) is 3.15. The highest BCUT2D eigenvalue weighted by atomic mass is 16.6. The summed E-state index contributed by atoms with van der Waals surface area (Å²) in [7, 11) is 0. The van der Waals surface area contributed by atoms with Gasteiger partial charge >= 0.3 is 5.91 Å². The fourth-order valence-corrected chi connectivity index (χ4v) is 2.68. The van der Waals surface area contributed by atoms with E-state index in [1.165, 1.54) is 37.7 Å². The van der Waals surface area contributed by atoms with Crippen molar-refractivity contribution in [3.05, 3.63) is 24.0 Å². The fraction of sp³-hybridized carbons (Fsp3) is 0.438. The van der Waals surface area contributed by atoms with Crippen molar-refractivity contribution in [2.24, 2.45) is 0 Å². The molecule has 0 saturated heterocycles. The van der Waals surface area contributed by atoms with Gasteiger partial charge in [-0.25, -0.2) is 15.0 Å². The molecule has 0 bridgehead atoms. The molecule has 0 radical (unpaired) electrons. The van der Waals surface area contributed by atoms with Crippen molar-refractivity contribution >= 4 is 28.8 Å². The highest BCUT2D eigenvalue weighted by Crippen LogP contribution is 2.33. The fourth-order valence-electron chi connectivity index (χ4n) is 2.68. The van der Waals surface area contributed by atoms with Gasteiger partial charge in [0.25, 0.3) is 0 Å². The quantitative estimate of drug-likeness (QED) is 0.393. The molecule has 0 spiro atoms. The van der Waals surface area contributed by atoms with Gasteiger partial charge in [0.15, 0.2) is 23.0 Å². The van der Waals surface area contributed by atoms with Crippen molar-refractivity contribution < 1.29 is 24.2 Å². The second-order valence-corrected chi connectivity index (χ2v) is 6.68. The molecule has 2 aromatic heterocycles. The zero-order valence-corrected chi connectivity index (χ0v) is 15.8. The van der Waals surface area contributed by atoms with Crippen LogP contribution in [0.1, 0.15) is 32.8 Å². The number of hydrogen-bond acceptors (Lipinski definition) is 9. The highest BCUT2D eigenvalue weighted by molar-refractivity contribution is 5.93. The largest absolute Gasteiger partial charge is 0.461 e. The van der Waals surface area contributed by atoms with Crippen molar-refractivity contribution in [2.75, 3.05) is 5.73 Å². The smallest absolute Gasteiger partial charge is 0.304 e. The highest BCUT2D eigenvalue weighted by Gasteiger charge is 2.38. The first-order valence-corrected chi connectivity index (χ1v) is 8.37. The number of hydrazine groups is 1. The normalized spacial score (nSPS) is 19.2. The Labute approximate surface area is 159 Å². The Morgan fingerprint density at radius 1 is 1.36 bits per heavy atom. The molecule has 0 aliphatic carbocycles. The number of fused-ring (bicyclic) bond motifs is 1. The molecule has 5 N–H and O–H groups in total. The van der Waals surface area contributed by atoms with Gasteiger partial charge in [0, 0.05) is 6.92 Å². The van der Waals surface area contributed by atoms with Gasteiger partial charge in [-0.05, 0) is 26.8 Å². The van der Waals surface area contributed by atoms with E-state index in [0.29, 0.717) is 17.0 Å². The maximum absolute atomic E-state index is 12.2. The molecule has 0 fully saturated rings. The van der Waals surface area contributed by atoms with E-state index >= 15 is 0 Å². The summed E-state index contributed by atoms with van der Waals surface area (Å²) in [6.45, 7) is 5.82. The number of nitrogen functional groups attached to an aromatic ring is 1. The number of aryl methyl sites for hydroxylation is 1. The predicted molar refractivity (Wildman–Crippen MR) is 95.8 cm³/mol. The Kier molecular flexibility index (Phi) is 4.91. The van der Waals surface area contributed by atoms with Crippen molar-refractivity contribution in [2.45, 2.75) is 45.8 Å². The van der Waals surface area contributed by atoms with Crippen LogP contribution in [0.15, 0.2) is 18.2 Å². The van der Waals surface area contributed by atoms with Crippen molar-refractivity contribution in [3.8, 4) is 0 Å². The molecule has 2 amide bonds. The number of rotatable bonds is 4. The number of aromatic nitrogens is 4. The number of nitrogens with two attached hydrogens (primary N) is 1. The van der Waals surface area contributed by atoms with Crippen LogP contribution in [0.3, 0.4) is 0 Å². The molecule has 0 saturated carbocycles. The molecule has 3 rings (SSSR count). The molecule has 1 aliphatic heterocycles. The number of imidazole rings is 1.